The molecular formula is C26H26N4O4. The van der Waals surface area contributed by atoms with Crippen LogP contribution in [0.5, 0.6) is 5.75 Å². The number of aromatic amines is 1. The van der Waals surface area contributed by atoms with Gasteiger partial charge in [-0.1, -0.05) is 36.4 Å². The molecule has 2 amide bonds. The first kappa shape index (κ1) is 23.0. The lowest BCUT2D eigenvalue weighted by atomic mass is 10.0. The highest BCUT2D eigenvalue weighted by atomic mass is 16.3. The third kappa shape index (κ3) is 5.80. The van der Waals surface area contributed by atoms with Gasteiger partial charge in [-0.2, -0.15) is 0 Å². The Morgan fingerprint density at radius 3 is 2.50 bits per heavy atom. The van der Waals surface area contributed by atoms with Crippen molar-refractivity contribution < 1.29 is 15.0 Å². The average molecular weight is 459 g/mol. The number of H-pyrrole nitrogens is 1. The van der Waals surface area contributed by atoms with E-state index in [2.05, 4.69) is 20.9 Å². The normalized spacial score (nSPS) is 11.8. The average Bonchev–Trinajstić information content (AvgIpc) is 2.83. The number of phenols is 1. The van der Waals surface area contributed by atoms with E-state index < -0.39 is 6.10 Å². The van der Waals surface area contributed by atoms with E-state index in [1.807, 2.05) is 54.6 Å². The third-order valence-electron chi connectivity index (χ3n) is 5.41. The Hall–Kier alpha value is -4.14. The summed E-state index contributed by atoms with van der Waals surface area (Å²) in [6.45, 7) is 0.917. The van der Waals surface area contributed by atoms with Gasteiger partial charge in [-0.15, -0.1) is 0 Å². The molecule has 4 aromatic rings. The summed E-state index contributed by atoms with van der Waals surface area (Å²) in [6, 6.07) is 22.6. The van der Waals surface area contributed by atoms with Gasteiger partial charge in [-0.05, 0) is 60.5 Å². The van der Waals surface area contributed by atoms with Gasteiger partial charge < -0.3 is 31.1 Å². The number of carbonyl (C=O) groups excluding carboxylic acids is 1. The maximum absolute atomic E-state index is 12.2. The van der Waals surface area contributed by atoms with Crippen molar-refractivity contribution in [2.45, 2.75) is 12.5 Å². The lowest BCUT2D eigenvalue weighted by Crippen LogP contribution is -2.24. The van der Waals surface area contributed by atoms with Crippen LogP contribution in [0.1, 0.15) is 17.2 Å². The second-order valence-corrected chi connectivity index (χ2v) is 7.90. The van der Waals surface area contributed by atoms with E-state index in [0.717, 1.165) is 5.56 Å². The standard InChI is InChI=1S/C26H26N4O4/c31-22-11-9-20(21-10-12-24(33)30-25(21)22)23(32)16-27-14-13-17-5-4-8-19(15-17)29-26(34)28-18-6-2-1-3-7-18/h1-12,15,23,27,31-32H,13-14,16H2,(H,30,33)(H2,28,29,34). The second-order valence-electron chi connectivity index (χ2n) is 7.90. The van der Waals surface area contributed by atoms with Crippen LogP contribution in [0.25, 0.3) is 10.9 Å². The number of para-hydroxylation sites is 1. The highest BCUT2D eigenvalue weighted by Crippen LogP contribution is 2.28. The zero-order valence-electron chi connectivity index (χ0n) is 18.4. The molecule has 4 rings (SSSR count). The van der Waals surface area contributed by atoms with Gasteiger partial charge in [0.1, 0.15) is 5.75 Å². The van der Waals surface area contributed by atoms with Crippen LogP contribution in [-0.4, -0.2) is 34.3 Å². The number of hydrogen-bond donors (Lipinski definition) is 6. The smallest absolute Gasteiger partial charge is 0.323 e. The summed E-state index contributed by atoms with van der Waals surface area (Å²) in [5.74, 6) is -0.0393. The van der Waals surface area contributed by atoms with Crippen LogP contribution in [0.15, 0.2) is 83.7 Å². The Morgan fingerprint density at radius 2 is 1.68 bits per heavy atom. The lowest BCUT2D eigenvalue weighted by molar-refractivity contribution is 0.176. The number of aromatic nitrogens is 1. The summed E-state index contributed by atoms with van der Waals surface area (Å²) in [5.41, 5.74) is 3.05. The number of rotatable bonds is 8. The van der Waals surface area contributed by atoms with Crippen molar-refractivity contribution in [2.75, 3.05) is 23.7 Å². The highest BCUT2D eigenvalue weighted by molar-refractivity contribution is 5.99. The molecule has 0 bridgehead atoms. The molecule has 8 nitrogen and oxygen atoms in total. The number of nitrogens with one attached hydrogen (secondary N) is 4. The number of aromatic hydroxyl groups is 1. The summed E-state index contributed by atoms with van der Waals surface area (Å²) in [4.78, 5) is 26.4. The highest BCUT2D eigenvalue weighted by Gasteiger charge is 2.13. The van der Waals surface area contributed by atoms with Crippen LogP contribution in [0.2, 0.25) is 0 Å². The van der Waals surface area contributed by atoms with Gasteiger partial charge in [-0.25, -0.2) is 4.79 Å². The number of phenolic OH excluding ortho intramolecular Hbond substituents is 1. The van der Waals surface area contributed by atoms with E-state index in [4.69, 9.17) is 0 Å². The number of anilines is 2. The van der Waals surface area contributed by atoms with E-state index in [-0.39, 0.29) is 17.3 Å². The molecule has 1 atom stereocenters. The summed E-state index contributed by atoms with van der Waals surface area (Å²) < 4.78 is 0. The first-order valence-corrected chi connectivity index (χ1v) is 11.0. The molecule has 0 aliphatic carbocycles. The zero-order valence-corrected chi connectivity index (χ0v) is 18.4. The van der Waals surface area contributed by atoms with Crippen LogP contribution in [0, 0.1) is 0 Å². The van der Waals surface area contributed by atoms with Crippen molar-refractivity contribution >= 4 is 28.3 Å². The Labute approximate surface area is 196 Å². The number of amides is 2. The molecule has 0 saturated carbocycles. The van der Waals surface area contributed by atoms with E-state index >= 15 is 0 Å². The van der Waals surface area contributed by atoms with E-state index in [0.29, 0.717) is 47.4 Å². The predicted octanol–water partition coefficient (Wildman–Crippen LogP) is 3.74. The summed E-state index contributed by atoms with van der Waals surface area (Å²) in [6.07, 6.45) is -0.115. The first-order chi connectivity index (χ1) is 16.5. The molecule has 34 heavy (non-hydrogen) atoms. The molecule has 0 radical (unpaired) electrons. The minimum Gasteiger partial charge on any atom is -0.506 e. The fourth-order valence-electron chi connectivity index (χ4n) is 3.75. The van der Waals surface area contributed by atoms with E-state index in [1.165, 1.54) is 12.1 Å². The van der Waals surface area contributed by atoms with Gasteiger partial charge in [0.2, 0.25) is 5.56 Å². The quantitative estimate of drug-likeness (QED) is 0.224. The molecular weight excluding hydrogens is 432 g/mol. The molecule has 0 saturated heterocycles. The molecule has 174 valence electrons. The number of aliphatic hydroxyl groups excluding tert-OH is 1. The minimum absolute atomic E-state index is 0.0393. The molecule has 0 aliphatic heterocycles. The van der Waals surface area contributed by atoms with Gasteiger partial charge in [0.05, 0.1) is 11.6 Å². The predicted molar refractivity (Wildman–Crippen MR) is 133 cm³/mol. The van der Waals surface area contributed by atoms with E-state index in [1.54, 1.807) is 12.1 Å². The summed E-state index contributed by atoms with van der Waals surface area (Å²) >= 11 is 0. The van der Waals surface area contributed by atoms with Gasteiger partial charge in [0.25, 0.3) is 0 Å². The Morgan fingerprint density at radius 1 is 0.912 bits per heavy atom. The van der Waals surface area contributed by atoms with Crippen LogP contribution >= 0.6 is 0 Å². The second kappa shape index (κ2) is 10.7. The van der Waals surface area contributed by atoms with Crippen molar-refractivity contribution in [3.63, 3.8) is 0 Å². The fraction of sp³-hybridized carbons (Fsp3) is 0.154. The molecule has 8 heteroatoms. The number of carbonyl (C=O) groups is 1. The largest absolute Gasteiger partial charge is 0.506 e. The number of benzene rings is 3. The molecule has 1 unspecified atom stereocenters. The molecule has 1 aromatic heterocycles. The Bertz CT molecular complexity index is 1340. The summed E-state index contributed by atoms with van der Waals surface area (Å²) in [5, 5.41) is 30.1. The third-order valence-corrected chi connectivity index (χ3v) is 5.41. The lowest BCUT2D eigenvalue weighted by Gasteiger charge is -2.15. The van der Waals surface area contributed by atoms with Gasteiger partial charge >= 0.3 is 6.03 Å². The zero-order chi connectivity index (χ0) is 23.9. The van der Waals surface area contributed by atoms with Crippen molar-refractivity contribution in [1.29, 1.82) is 0 Å². The molecule has 6 N–H and O–H groups in total. The number of pyridine rings is 1. The number of fused-ring (bicyclic) bond motifs is 1. The molecule has 1 heterocycles. The van der Waals surface area contributed by atoms with Gasteiger partial charge in [0.15, 0.2) is 0 Å². The van der Waals surface area contributed by atoms with Crippen molar-refractivity contribution in [1.82, 2.24) is 10.3 Å². The van der Waals surface area contributed by atoms with Crippen LogP contribution in [-0.2, 0) is 6.42 Å². The van der Waals surface area contributed by atoms with Crippen LogP contribution in [0.4, 0.5) is 16.2 Å². The first-order valence-electron chi connectivity index (χ1n) is 11.0. The van der Waals surface area contributed by atoms with Gasteiger partial charge in [-0.3, -0.25) is 4.79 Å². The Balaban J connectivity index is 1.30. The maximum Gasteiger partial charge on any atom is 0.323 e. The van der Waals surface area contributed by atoms with Crippen LogP contribution in [0.3, 0.4) is 0 Å². The summed E-state index contributed by atoms with van der Waals surface area (Å²) in [7, 11) is 0. The van der Waals surface area contributed by atoms with Crippen LogP contribution < -0.4 is 21.5 Å². The number of urea groups is 1. The SMILES string of the molecule is O=C(Nc1ccccc1)Nc1cccc(CCNCC(O)c2ccc(O)c3[nH]c(=O)ccc23)c1. The van der Waals surface area contributed by atoms with E-state index in [9.17, 15) is 19.8 Å². The van der Waals surface area contributed by atoms with Crippen molar-refractivity contribution in [3.8, 4) is 5.75 Å². The maximum atomic E-state index is 12.2. The fourth-order valence-corrected chi connectivity index (χ4v) is 3.75. The monoisotopic (exact) mass is 458 g/mol. The van der Waals surface area contributed by atoms with Crippen molar-refractivity contribution in [3.05, 3.63) is 100 Å². The van der Waals surface area contributed by atoms with Gasteiger partial charge in [0, 0.05) is 29.4 Å². The molecule has 0 fully saturated rings. The molecule has 0 spiro atoms. The van der Waals surface area contributed by atoms with Crippen molar-refractivity contribution in [2.24, 2.45) is 0 Å². The molecule has 3 aromatic carbocycles. The Kier molecular flexibility index (Phi) is 7.22. The molecule has 0 aliphatic rings. The topological polar surface area (TPSA) is 126 Å². The number of aliphatic hydroxyl groups is 1. The number of hydrogen-bond acceptors (Lipinski definition) is 5. The minimum atomic E-state index is -0.816.